The third-order valence-electron chi connectivity index (χ3n) is 1.56. The zero-order valence-corrected chi connectivity index (χ0v) is 6.40. The van der Waals surface area contributed by atoms with Crippen molar-refractivity contribution in [2.24, 2.45) is 16.0 Å². The van der Waals surface area contributed by atoms with Crippen LogP contribution >= 0.6 is 0 Å². The number of carbonyl (C=O) groups is 1. The molecule has 5 nitrogen and oxygen atoms in total. The van der Waals surface area contributed by atoms with E-state index >= 15 is 0 Å². The molecule has 0 fully saturated rings. The van der Waals surface area contributed by atoms with Crippen LogP contribution in [0.15, 0.2) is 34.8 Å². The molecule has 1 rings (SSSR count). The molecule has 0 amide bonds. The summed E-state index contributed by atoms with van der Waals surface area (Å²) < 4.78 is 0. The van der Waals surface area contributed by atoms with Gasteiger partial charge in [0.1, 0.15) is 5.82 Å². The third-order valence-corrected chi connectivity index (χ3v) is 1.56. The molecule has 0 aromatic heterocycles. The van der Waals surface area contributed by atoms with E-state index in [9.17, 15) is 4.79 Å². The van der Waals surface area contributed by atoms with E-state index in [0.29, 0.717) is 0 Å². The van der Waals surface area contributed by atoms with E-state index in [1.807, 2.05) is 0 Å². The molecule has 0 saturated heterocycles. The fourth-order valence-corrected chi connectivity index (χ4v) is 0.961. The van der Waals surface area contributed by atoms with Crippen LogP contribution in [0.25, 0.3) is 0 Å². The maximum atomic E-state index is 10.8. The van der Waals surface area contributed by atoms with Crippen molar-refractivity contribution in [3.05, 3.63) is 24.6 Å². The molecule has 0 saturated carbocycles. The number of rotatable bonds is 3. The van der Waals surface area contributed by atoms with Crippen LogP contribution in [0.2, 0.25) is 0 Å². The van der Waals surface area contributed by atoms with E-state index in [2.05, 4.69) is 16.8 Å². The van der Waals surface area contributed by atoms with Gasteiger partial charge in [-0.3, -0.25) is 0 Å². The van der Waals surface area contributed by atoms with Gasteiger partial charge in [-0.2, -0.15) is 5.11 Å². The fourth-order valence-electron chi connectivity index (χ4n) is 0.961. The largest absolute Gasteiger partial charge is 0.479 e. The normalized spacial score (nSPS) is 26.8. The van der Waals surface area contributed by atoms with Crippen molar-refractivity contribution in [1.82, 2.24) is 0 Å². The van der Waals surface area contributed by atoms with Gasteiger partial charge in [0.2, 0.25) is 5.54 Å². The number of azo groups is 1. The molecule has 1 unspecified atom stereocenters. The zero-order valence-electron chi connectivity index (χ0n) is 6.40. The number of carboxylic acids is 1. The van der Waals surface area contributed by atoms with E-state index in [4.69, 9.17) is 10.8 Å². The minimum Gasteiger partial charge on any atom is -0.479 e. The Morgan fingerprint density at radius 2 is 2.58 bits per heavy atom. The first-order chi connectivity index (χ1) is 5.60. The first-order valence-electron chi connectivity index (χ1n) is 3.36. The summed E-state index contributed by atoms with van der Waals surface area (Å²) in [6.07, 6.45) is 2.99. The van der Waals surface area contributed by atoms with Crippen LogP contribution in [-0.4, -0.2) is 16.6 Å². The van der Waals surface area contributed by atoms with Crippen LogP contribution in [0.1, 0.15) is 6.42 Å². The number of hydrogen-bond acceptors (Lipinski definition) is 4. The van der Waals surface area contributed by atoms with Gasteiger partial charge in [0, 0.05) is 12.5 Å². The lowest BCUT2D eigenvalue weighted by molar-refractivity contribution is -0.141. The summed E-state index contributed by atoms with van der Waals surface area (Å²) in [4.78, 5) is 10.8. The summed E-state index contributed by atoms with van der Waals surface area (Å²) in [6, 6.07) is 0. The molecule has 1 aliphatic heterocycles. The Hall–Kier alpha value is -1.65. The highest BCUT2D eigenvalue weighted by Gasteiger charge is 2.38. The summed E-state index contributed by atoms with van der Waals surface area (Å²) >= 11 is 0. The second-order valence-corrected chi connectivity index (χ2v) is 2.49. The Bertz CT molecular complexity index is 282. The second-order valence-electron chi connectivity index (χ2n) is 2.49. The molecule has 0 aromatic rings. The molecule has 0 aliphatic carbocycles. The second kappa shape index (κ2) is 2.77. The minimum absolute atomic E-state index is 0.138. The summed E-state index contributed by atoms with van der Waals surface area (Å²) in [5.41, 5.74) is 3.97. The molecule has 12 heavy (non-hydrogen) atoms. The molecule has 1 heterocycles. The predicted octanol–water partition coefficient (Wildman–Crippen LogP) is 0.652. The number of carboxylic acid groups (broad SMARTS) is 1. The molecular formula is C7H9N3O2. The molecule has 0 aromatic carbocycles. The van der Waals surface area contributed by atoms with Crippen molar-refractivity contribution >= 4 is 5.97 Å². The highest BCUT2D eigenvalue weighted by atomic mass is 16.4. The molecule has 1 atom stereocenters. The lowest BCUT2D eigenvalue weighted by atomic mass is 9.97. The van der Waals surface area contributed by atoms with Gasteiger partial charge >= 0.3 is 5.97 Å². The Labute approximate surface area is 69.3 Å². The van der Waals surface area contributed by atoms with E-state index in [1.165, 1.54) is 12.2 Å². The SMILES string of the molecule is C=CCC1(C(=O)O)C=C(N)N=N1. The first kappa shape index (κ1) is 8.45. The number of hydrogen-bond donors (Lipinski definition) is 2. The van der Waals surface area contributed by atoms with Crippen LogP contribution < -0.4 is 5.73 Å². The monoisotopic (exact) mass is 167 g/mol. The molecule has 0 radical (unpaired) electrons. The topological polar surface area (TPSA) is 88.0 Å². The maximum absolute atomic E-state index is 10.8. The van der Waals surface area contributed by atoms with Crippen molar-refractivity contribution in [2.45, 2.75) is 12.0 Å². The van der Waals surface area contributed by atoms with Crippen molar-refractivity contribution in [1.29, 1.82) is 0 Å². The highest BCUT2D eigenvalue weighted by molar-refractivity contribution is 5.82. The fraction of sp³-hybridized carbons (Fsp3) is 0.286. The predicted molar refractivity (Wildman–Crippen MR) is 42.3 cm³/mol. The molecule has 0 spiro atoms. The maximum Gasteiger partial charge on any atom is 0.338 e. The van der Waals surface area contributed by atoms with Crippen LogP contribution in [0.5, 0.6) is 0 Å². The first-order valence-corrected chi connectivity index (χ1v) is 3.36. The van der Waals surface area contributed by atoms with Crippen molar-refractivity contribution in [3.8, 4) is 0 Å². The van der Waals surface area contributed by atoms with Gasteiger partial charge < -0.3 is 10.8 Å². The molecule has 0 bridgehead atoms. The van der Waals surface area contributed by atoms with Crippen molar-refractivity contribution in [3.63, 3.8) is 0 Å². The van der Waals surface area contributed by atoms with Crippen molar-refractivity contribution in [2.75, 3.05) is 0 Å². The van der Waals surface area contributed by atoms with E-state index in [-0.39, 0.29) is 12.2 Å². The average Bonchev–Trinajstić information content (AvgIpc) is 2.34. The van der Waals surface area contributed by atoms with Gasteiger partial charge in [-0.1, -0.05) is 6.08 Å². The van der Waals surface area contributed by atoms with Gasteiger partial charge in [-0.25, -0.2) is 4.79 Å². The quantitative estimate of drug-likeness (QED) is 0.605. The number of nitrogens with two attached hydrogens (primary N) is 1. The highest BCUT2D eigenvalue weighted by Crippen LogP contribution is 2.26. The van der Waals surface area contributed by atoms with Gasteiger partial charge in [-0.15, -0.1) is 11.7 Å². The van der Waals surface area contributed by atoms with Crippen LogP contribution in [-0.2, 0) is 4.79 Å². The summed E-state index contributed by atoms with van der Waals surface area (Å²) in [5.74, 6) is -0.925. The smallest absolute Gasteiger partial charge is 0.338 e. The molecule has 64 valence electrons. The molecular weight excluding hydrogens is 158 g/mol. The van der Waals surface area contributed by atoms with E-state index in [1.54, 1.807) is 0 Å². The summed E-state index contributed by atoms with van der Waals surface area (Å²) in [5, 5.41) is 15.8. The van der Waals surface area contributed by atoms with E-state index in [0.717, 1.165) is 0 Å². The summed E-state index contributed by atoms with van der Waals surface area (Å²) in [7, 11) is 0. The Morgan fingerprint density at radius 3 is 2.92 bits per heavy atom. The Kier molecular flexibility index (Phi) is 1.95. The van der Waals surface area contributed by atoms with Gasteiger partial charge in [0.25, 0.3) is 0 Å². The molecule has 3 N–H and O–H groups in total. The van der Waals surface area contributed by atoms with Crippen molar-refractivity contribution < 1.29 is 9.90 Å². The average molecular weight is 167 g/mol. The van der Waals surface area contributed by atoms with Crippen LogP contribution in [0, 0.1) is 0 Å². The Balaban J connectivity index is 2.98. The lowest BCUT2D eigenvalue weighted by Gasteiger charge is -2.13. The van der Waals surface area contributed by atoms with Gasteiger partial charge in [-0.05, 0) is 0 Å². The standard InChI is InChI=1S/C7H9N3O2/c1-2-3-7(6(11)12)4-5(8)9-10-7/h2,4H,1,3,8H2,(H,11,12). The zero-order chi connectivity index (χ0) is 9.19. The van der Waals surface area contributed by atoms with Crippen LogP contribution in [0.4, 0.5) is 0 Å². The Morgan fingerprint density at radius 1 is 1.92 bits per heavy atom. The van der Waals surface area contributed by atoms with Crippen LogP contribution in [0.3, 0.4) is 0 Å². The number of aliphatic carboxylic acids is 1. The minimum atomic E-state index is -1.31. The van der Waals surface area contributed by atoms with E-state index < -0.39 is 11.5 Å². The summed E-state index contributed by atoms with van der Waals surface area (Å²) in [6.45, 7) is 3.44. The van der Waals surface area contributed by atoms with Gasteiger partial charge in [0.05, 0.1) is 0 Å². The third kappa shape index (κ3) is 1.20. The molecule has 1 aliphatic rings. The molecule has 5 heteroatoms. The lowest BCUT2D eigenvalue weighted by Crippen LogP contribution is -2.32. The number of nitrogens with zero attached hydrogens (tertiary/aromatic N) is 2. The van der Waals surface area contributed by atoms with Gasteiger partial charge in [0.15, 0.2) is 0 Å².